The molecule has 4 aromatic rings. The third kappa shape index (κ3) is 3.06. The molecule has 4 heterocycles. The molecule has 0 aromatic carbocycles. The van der Waals surface area contributed by atoms with Gasteiger partial charge in [-0.05, 0) is 19.1 Å². The van der Waals surface area contributed by atoms with Crippen LogP contribution in [0.5, 0.6) is 0 Å². The number of halogens is 2. The summed E-state index contributed by atoms with van der Waals surface area (Å²) in [5.74, 6) is 0.544. The van der Waals surface area contributed by atoms with Gasteiger partial charge in [-0.15, -0.1) is 0 Å². The van der Waals surface area contributed by atoms with Crippen molar-refractivity contribution in [2.45, 2.75) is 13.0 Å². The Hall–Kier alpha value is -3.13. The lowest BCUT2D eigenvalue weighted by Crippen LogP contribution is -2.10. The molecule has 1 N–H and O–H groups in total. The highest BCUT2D eigenvalue weighted by Gasteiger charge is 2.15. The number of pyridine rings is 1. The second kappa shape index (κ2) is 6.64. The van der Waals surface area contributed by atoms with Crippen molar-refractivity contribution in [2.75, 3.05) is 5.32 Å². The van der Waals surface area contributed by atoms with Gasteiger partial charge in [0, 0.05) is 12.4 Å². The average molecular weight is 370 g/mol. The standard InChI is InChI=1S/C17H13ClFN7/c1-10(14-3-2-11(19)6-21-14)24-17-13(18)8-22-16(25-17)12-7-23-26-5-4-20-9-15(12)26/h2-10H,1H3,(H,22,24,25)/t10-/m0/s1. The second-order valence-corrected chi connectivity index (χ2v) is 6.03. The van der Waals surface area contributed by atoms with Crippen LogP contribution in [-0.4, -0.2) is 29.5 Å². The van der Waals surface area contributed by atoms with Crippen LogP contribution in [-0.2, 0) is 0 Å². The number of hydrogen-bond acceptors (Lipinski definition) is 6. The molecule has 4 aromatic heterocycles. The van der Waals surface area contributed by atoms with Gasteiger partial charge in [0.2, 0.25) is 0 Å². The molecule has 0 aliphatic heterocycles. The molecule has 9 heteroatoms. The number of nitrogens with zero attached hydrogens (tertiary/aromatic N) is 6. The van der Waals surface area contributed by atoms with E-state index in [1.54, 1.807) is 35.4 Å². The summed E-state index contributed by atoms with van der Waals surface area (Å²) in [6, 6.07) is 2.75. The van der Waals surface area contributed by atoms with Gasteiger partial charge in [0.1, 0.15) is 16.7 Å². The van der Waals surface area contributed by atoms with Crippen molar-refractivity contribution < 1.29 is 4.39 Å². The zero-order valence-corrected chi connectivity index (χ0v) is 14.4. The van der Waals surface area contributed by atoms with E-state index in [-0.39, 0.29) is 11.9 Å². The molecular formula is C17H13ClFN7. The Balaban J connectivity index is 1.67. The van der Waals surface area contributed by atoms with Crippen LogP contribution in [0.15, 0.2) is 49.3 Å². The molecule has 0 unspecified atom stereocenters. The minimum absolute atomic E-state index is 0.221. The number of anilines is 1. The highest BCUT2D eigenvalue weighted by molar-refractivity contribution is 6.32. The number of rotatable bonds is 4. The number of fused-ring (bicyclic) bond motifs is 1. The van der Waals surface area contributed by atoms with Crippen LogP contribution in [0, 0.1) is 5.82 Å². The first-order chi connectivity index (χ1) is 12.6. The van der Waals surface area contributed by atoms with E-state index in [0.717, 1.165) is 11.1 Å². The van der Waals surface area contributed by atoms with Gasteiger partial charge in [0.15, 0.2) is 5.82 Å². The summed E-state index contributed by atoms with van der Waals surface area (Å²) in [7, 11) is 0. The van der Waals surface area contributed by atoms with E-state index in [0.29, 0.717) is 22.4 Å². The largest absolute Gasteiger partial charge is 0.361 e. The predicted molar refractivity (Wildman–Crippen MR) is 95.3 cm³/mol. The number of nitrogens with one attached hydrogen (secondary N) is 1. The Labute approximate surface area is 152 Å². The van der Waals surface area contributed by atoms with Gasteiger partial charge in [-0.3, -0.25) is 9.97 Å². The molecule has 130 valence electrons. The minimum Gasteiger partial charge on any atom is -0.361 e. The van der Waals surface area contributed by atoms with E-state index < -0.39 is 0 Å². The van der Waals surface area contributed by atoms with Gasteiger partial charge in [-0.25, -0.2) is 18.9 Å². The van der Waals surface area contributed by atoms with Crippen LogP contribution in [0.2, 0.25) is 5.02 Å². The predicted octanol–water partition coefficient (Wildman–Crippen LogP) is 3.55. The monoisotopic (exact) mass is 369 g/mol. The van der Waals surface area contributed by atoms with Crippen LogP contribution in [0.3, 0.4) is 0 Å². The third-order valence-corrected chi connectivity index (χ3v) is 4.13. The Morgan fingerprint density at radius 2 is 2.04 bits per heavy atom. The topological polar surface area (TPSA) is 80.9 Å². The molecule has 0 saturated carbocycles. The van der Waals surface area contributed by atoms with Gasteiger partial charge in [-0.2, -0.15) is 5.10 Å². The lowest BCUT2D eigenvalue weighted by atomic mass is 10.2. The van der Waals surface area contributed by atoms with Crippen LogP contribution in [0.25, 0.3) is 16.9 Å². The molecule has 0 amide bonds. The molecular weight excluding hydrogens is 357 g/mol. The van der Waals surface area contributed by atoms with Crippen LogP contribution < -0.4 is 5.32 Å². The lowest BCUT2D eigenvalue weighted by molar-refractivity contribution is 0.617. The van der Waals surface area contributed by atoms with Crippen molar-refractivity contribution >= 4 is 22.9 Å². The third-order valence-electron chi connectivity index (χ3n) is 3.86. The first-order valence-electron chi connectivity index (χ1n) is 7.80. The maximum absolute atomic E-state index is 13.0. The van der Waals surface area contributed by atoms with Gasteiger partial charge in [0.25, 0.3) is 0 Å². The average Bonchev–Trinajstić information content (AvgIpc) is 3.08. The Morgan fingerprint density at radius 1 is 1.15 bits per heavy atom. The van der Waals surface area contributed by atoms with Crippen molar-refractivity contribution in [3.63, 3.8) is 0 Å². The maximum Gasteiger partial charge on any atom is 0.165 e. The van der Waals surface area contributed by atoms with Crippen LogP contribution in [0.1, 0.15) is 18.7 Å². The number of aromatic nitrogens is 6. The van der Waals surface area contributed by atoms with E-state index >= 15 is 0 Å². The molecule has 1 atom stereocenters. The lowest BCUT2D eigenvalue weighted by Gasteiger charge is -2.15. The Morgan fingerprint density at radius 3 is 2.85 bits per heavy atom. The Bertz CT molecular complexity index is 1060. The zero-order chi connectivity index (χ0) is 18.1. The molecule has 0 bridgehead atoms. The second-order valence-electron chi connectivity index (χ2n) is 5.62. The summed E-state index contributed by atoms with van der Waals surface area (Å²) < 4.78 is 14.7. The fourth-order valence-electron chi connectivity index (χ4n) is 2.53. The summed E-state index contributed by atoms with van der Waals surface area (Å²) >= 11 is 6.23. The van der Waals surface area contributed by atoms with Crippen LogP contribution >= 0.6 is 11.6 Å². The molecule has 0 saturated heterocycles. The summed E-state index contributed by atoms with van der Waals surface area (Å²) in [5.41, 5.74) is 2.20. The fourth-order valence-corrected chi connectivity index (χ4v) is 2.67. The molecule has 4 rings (SSSR count). The van der Waals surface area contributed by atoms with Gasteiger partial charge in [0.05, 0.1) is 47.6 Å². The van der Waals surface area contributed by atoms with E-state index in [2.05, 4.69) is 30.4 Å². The van der Waals surface area contributed by atoms with Crippen molar-refractivity contribution in [2.24, 2.45) is 0 Å². The molecule has 0 fully saturated rings. The summed E-state index contributed by atoms with van der Waals surface area (Å²) in [4.78, 5) is 17.0. The van der Waals surface area contributed by atoms with Crippen molar-refractivity contribution in [1.82, 2.24) is 29.5 Å². The smallest absolute Gasteiger partial charge is 0.165 e. The van der Waals surface area contributed by atoms with Gasteiger partial charge < -0.3 is 5.32 Å². The molecule has 0 aliphatic rings. The first kappa shape index (κ1) is 16.3. The van der Waals surface area contributed by atoms with E-state index in [1.165, 1.54) is 18.5 Å². The van der Waals surface area contributed by atoms with Crippen molar-refractivity contribution in [3.8, 4) is 11.4 Å². The van der Waals surface area contributed by atoms with E-state index in [9.17, 15) is 4.39 Å². The van der Waals surface area contributed by atoms with Crippen molar-refractivity contribution in [3.05, 3.63) is 65.8 Å². The van der Waals surface area contributed by atoms with E-state index in [1.807, 2.05) is 6.92 Å². The molecule has 0 aliphatic carbocycles. The number of hydrogen-bond donors (Lipinski definition) is 1. The highest BCUT2D eigenvalue weighted by Crippen LogP contribution is 2.27. The minimum atomic E-state index is -0.384. The SMILES string of the molecule is C[C@H](Nc1nc(-c2cnn3ccncc23)ncc1Cl)c1ccc(F)cn1. The molecule has 26 heavy (non-hydrogen) atoms. The Kier molecular flexibility index (Phi) is 4.18. The summed E-state index contributed by atoms with van der Waals surface area (Å²) in [5, 5.41) is 7.82. The molecule has 7 nitrogen and oxygen atoms in total. The van der Waals surface area contributed by atoms with Gasteiger partial charge >= 0.3 is 0 Å². The summed E-state index contributed by atoms with van der Waals surface area (Å²) in [6.45, 7) is 1.89. The quantitative estimate of drug-likeness (QED) is 0.592. The zero-order valence-electron chi connectivity index (χ0n) is 13.6. The normalized spacial score (nSPS) is 12.3. The van der Waals surface area contributed by atoms with E-state index in [4.69, 9.17) is 11.6 Å². The molecule has 0 spiro atoms. The highest BCUT2D eigenvalue weighted by atomic mass is 35.5. The van der Waals surface area contributed by atoms with Crippen LogP contribution in [0.4, 0.5) is 10.2 Å². The maximum atomic E-state index is 13.0. The fraction of sp³-hybridized carbons (Fsp3) is 0.118. The first-order valence-corrected chi connectivity index (χ1v) is 8.18. The van der Waals surface area contributed by atoms with Gasteiger partial charge in [-0.1, -0.05) is 11.6 Å². The summed E-state index contributed by atoms with van der Waals surface area (Å²) in [6.07, 6.45) is 9.46. The molecule has 0 radical (unpaired) electrons. The van der Waals surface area contributed by atoms with Crippen molar-refractivity contribution in [1.29, 1.82) is 0 Å².